The Kier molecular flexibility index (Phi) is 6.00. The topological polar surface area (TPSA) is 55.2 Å². The summed E-state index contributed by atoms with van der Waals surface area (Å²) in [5.74, 6) is 0.817. The molecule has 0 saturated carbocycles. The first-order chi connectivity index (χ1) is 13.8. The van der Waals surface area contributed by atoms with E-state index in [1.807, 2.05) is 54.9 Å². The van der Waals surface area contributed by atoms with Crippen LogP contribution in [0.15, 0.2) is 75.6 Å². The third-order valence-corrected chi connectivity index (χ3v) is 6.40. The zero-order chi connectivity index (χ0) is 19.3. The van der Waals surface area contributed by atoms with E-state index in [1.54, 1.807) is 23.5 Å². The summed E-state index contributed by atoms with van der Waals surface area (Å²) in [5, 5.41) is 11.2. The fourth-order valence-electron chi connectivity index (χ4n) is 3.02. The lowest BCUT2D eigenvalue weighted by Crippen LogP contribution is -2.02. The molecule has 0 amide bonds. The van der Waals surface area contributed by atoms with Crippen LogP contribution >= 0.6 is 23.5 Å². The molecule has 0 fully saturated rings. The second kappa shape index (κ2) is 8.82. The number of thioether (sulfide) groups is 1. The van der Waals surface area contributed by atoms with Gasteiger partial charge in [0.2, 0.25) is 0 Å². The molecule has 4 nitrogen and oxygen atoms in total. The Morgan fingerprint density at radius 1 is 0.893 bits per heavy atom. The van der Waals surface area contributed by atoms with Crippen molar-refractivity contribution in [2.75, 3.05) is 19.5 Å². The highest BCUT2D eigenvalue weighted by molar-refractivity contribution is 8.02. The second-order valence-electron chi connectivity index (χ2n) is 6.17. The molecule has 2 heterocycles. The normalized spacial score (nSPS) is 11.2. The van der Waals surface area contributed by atoms with E-state index in [9.17, 15) is 0 Å². The van der Waals surface area contributed by atoms with E-state index in [1.165, 1.54) is 0 Å². The van der Waals surface area contributed by atoms with Crippen molar-refractivity contribution in [2.24, 2.45) is 0 Å². The monoisotopic (exact) mass is 408 g/mol. The molecule has 4 rings (SSSR count). The Morgan fingerprint density at radius 2 is 1.54 bits per heavy atom. The SMILES string of the molecule is CSc1cnc2ccccc2c1Sc1cnc2ccccc2c1OCCCO. The van der Waals surface area contributed by atoms with E-state index >= 15 is 0 Å². The Hall–Kier alpha value is -2.28. The molecule has 0 atom stereocenters. The Morgan fingerprint density at radius 3 is 2.25 bits per heavy atom. The van der Waals surface area contributed by atoms with Gasteiger partial charge in [0.15, 0.2) is 0 Å². The number of benzene rings is 2. The average molecular weight is 409 g/mol. The van der Waals surface area contributed by atoms with Crippen LogP contribution in [0.3, 0.4) is 0 Å². The Labute approximate surface area is 172 Å². The van der Waals surface area contributed by atoms with Crippen LogP contribution in [0.25, 0.3) is 21.8 Å². The van der Waals surface area contributed by atoms with Gasteiger partial charge in [-0.2, -0.15) is 0 Å². The van der Waals surface area contributed by atoms with Gasteiger partial charge in [0.25, 0.3) is 0 Å². The first-order valence-corrected chi connectivity index (χ1v) is 11.1. The molecule has 0 saturated heterocycles. The third kappa shape index (κ3) is 3.81. The molecule has 28 heavy (non-hydrogen) atoms. The number of ether oxygens (including phenoxy) is 1. The molecular formula is C22H20N2O2S2. The highest BCUT2D eigenvalue weighted by Crippen LogP contribution is 2.44. The van der Waals surface area contributed by atoms with Crippen molar-refractivity contribution in [3.63, 3.8) is 0 Å². The maximum absolute atomic E-state index is 9.14. The lowest BCUT2D eigenvalue weighted by atomic mass is 10.2. The first-order valence-electron chi connectivity index (χ1n) is 9.03. The van der Waals surface area contributed by atoms with Crippen LogP contribution in [0.4, 0.5) is 0 Å². The second-order valence-corrected chi connectivity index (χ2v) is 8.07. The quantitative estimate of drug-likeness (QED) is 0.326. The van der Waals surface area contributed by atoms with E-state index in [0.717, 1.165) is 42.2 Å². The van der Waals surface area contributed by atoms with Crippen molar-refractivity contribution in [1.29, 1.82) is 0 Å². The van der Waals surface area contributed by atoms with Gasteiger partial charge in [0, 0.05) is 46.0 Å². The Balaban J connectivity index is 1.84. The predicted octanol–water partition coefficient (Wildman–Crippen LogP) is 5.42. The largest absolute Gasteiger partial charge is 0.492 e. The molecule has 6 heteroatoms. The van der Waals surface area contributed by atoms with Gasteiger partial charge in [-0.25, -0.2) is 0 Å². The van der Waals surface area contributed by atoms with E-state index in [2.05, 4.69) is 22.3 Å². The molecule has 0 bridgehead atoms. The molecule has 2 aromatic heterocycles. The molecule has 1 N–H and O–H groups in total. The smallest absolute Gasteiger partial charge is 0.144 e. The van der Waals surface area contributed by atoms with E-state index in [4.69, 9.17) is 9.84 Å². The number of aliphatic hydroxyl groups is 1. The van der Waals surface area contributed by atoms with Gasteiger partial charge in [-0.05, 0) is 24.5 Å². The van der Waals surface area contributed by atoms with Crippen molar-refractivity contribution in [3.8, 4) is 5.75 Å². The van der Waals surface area contributed by atoms with Gasteiger partial charge >= 0.3 is 0 Å². The fraction of sp³-hybridized carbons (Fsp3) is 0.182. The van der Waals surface area contributed by atoms with E-state index < -0.39 is 0 Å². The molecule has 0 aliphatic carbocycles. The number of para-hydroxylation sites is 2. The molecule has 0 unspecified atom stereocenters. The van der Waals surface area contributed by atoms with Crippen LogP contribution in [-0.4, -0.2) is 34.5 Å². The summed E-state index contributed by atoms with van der Waals surface area (Å²) in [7, 11) is 0. The molecule has 142 valence electrons. The first kappa shape index (κ1) is 19.1. The fourth-order valence-corrected chi connectivity index (χ4v) is 4.87. The predicted molar refractivity (Wildman–Crippen MR) is 117 cm³/mol. The summed E-state index contributed by atoms with van der Waals surface area (Å²) < 4.78 is 6.11. The zero-order valence-electron chi connectivity index (χ0n) is 15.5. The lowest BCUT2D eigenvalue weighted by Gasteiger charge is -2.15. The molecule has 0 radical (unpaired) electrons. The highest BCUT2D eigenvalue weighted by atomic mass is 32.2. The van der Waals surface area contributed by atoms with Crippen LogP contribution in [0.1, 0.15) is 6.42 Å². The van der Waals surface area contributed by atoms with E-state index in [0.29, 0.717) is 13.0 Å². The number of hydrogen-bond acceptors (Lipinski definition) is 6. The van der Waals surface area contributed by atoms with Crippen LogP contribution in [0, 0.1) is 0 Å². The lowest BCUT2D eigenvalue weighted by molar-refractivity contribution is 0.232. The van der Waals surface area contributed by atoms with Crippen molar-refractivity contribution in [3.05, 3.63) is 60.9 Å². The molecule has 2 aromatic carbocycles. The Bertz CT molecular complexity index is 1120. The number of hydrogen-bond donors (Lipinski definition) is 1. The standard InChI is InChI=1S/C22H20N2O2S2/c1-27-20-14-24-18-10-5-3-8-16(18)22(20)28-19-13-23-17-9-4-2-7-15(17)21(19)26-12-6-11-25/h2-5,7-10,13-14,25H,6,11-12H2,1H3. The van der Waals surface area contributed by atoms with Gasteiger partial charge in [-0.3, -0.25) is 9.97 Å². The highest BCUT2D eigenvalue weighted by Gasteiger charge is 2.16. The summed E-state index contributed by atoms with van der Waals surface area (Å²) in [6.07, 6.45) is 6.46. The maximum Gasteiger partial charge on any atom is 0.144 e. The minimum absolute atomic E-state index is 0.108. The van der Waals surface area contributed by atoms with Crippen molar-refractivity contribution < 1.29 is 9.84 Å². The average Bonchev–Trinajstić information content (AvgIpc) is 2.75. The zero-order valence-corrected chi connectivity index (χ0v) is 17.1. The summed E-state index contributed by atoms with van der Waals surface area (Å²) in [6, 6.07) is 16.2. The van der Waals surface area contributed by atoms with Gasteiger partial charge in [-0.15, -0.1) is 11.8 Å². The molecular weight excluding hydrogens is 388 g/mol. The van der Waals surface area contributed by atoms with E-state index in [-0.39, 0.29) is 6.61 Å². The third-order valence-electron chi connectivity index (χ3n) is 4.37. The number of aromatic nitrogens is 2. The van der Waals surface area contributed by atoms with Crippen LogP contribution in [0.2, 0.25) is 0 Å². The summed E-state index contributed by atoms with van der Waals surface area (Å²) in [6.45, 7) is 0.571. The number of rotatable bonds is 7. The van der Waals surface area contributed by atoms with Gasteiger partial charge in [0.05, 0.1) is 22.5 Å². The van der Waals surface area contributed by atoms with Gasteiger partial charge in [0.1, 0.15) is 5.75 Å². The van der Waals surface area contributed by atoms with Crippen LogP contribution in [-0.2, 0) is 0 Å². The van der Waals surface area contributed by atoms with Crippen molar-refractivity contribution >= 4 is 45.3 Å². The van der Waals surface area contributed by atoms with Crippen molar-refractivity contribution in [2.45, 2.75) is 21.1 Å². The number of fused-ring (bicyclic) bond motifs is 2. The summed E-state index contributed by atoms with van der Waals surface area (Å²) in [5.41, 5.74) is 1.87. The van der Waals surface area contributed by atoms with Crippen LogP contribution in [0.5, 0.6) is 5.75 Å². The molecule has 0 aliphatic heterocycles. The molecule has 0 aliphatic rings. The number of pyridine rings is 2. The minimum Gasteiger partial charge on any atom is -0.492 e. The van der Waals surface area contributed by atoms with Crippen LogP contribution < -0.4 is 4.74 Å². The summed E-state index contributed by atoms with van der Waals surface area (Å²) >= 11 is 3.34. The number of nitrogens with zero attached hydrogens (tertiary/aromatic N) is 2. The summed E-state index contributed by atoms with van der Waals surface area (Å²) in [4.78, 5) is 12.4. The molecule has 4 aromatic rings. The molecule has 0 spiro atoms. The minimum atomic E-state index is 0.108. The van der Waals surface area contributed by atoms with Gasteiger partial charge in [-0.1, -0.05) is 42.1 Å². The van der Waals surface area contributed by atoms with Crippen molar-refractivity contribution in [1.82, 2.24) is 9.97 Å². The maximum atomic E-state index is 9.14. The number of aliphatic hydroxyl groups excluding tert-OH is 1. The van der Waals surface area contributed by atoms with Gasteiger partial charge < -0.3 is 9.84 Å².